The number of H-pyrrole nitrogens is 1. The predicted octanol–water partition coefficient (Wildman–Crippen LogP) is -0.403. The van der Waals surface area contributed by atoms with E-state index in [0.717, 1.165) is 18.9 Å². The van der Waals surface area contributed by atoms with Crippen LogP contribution < -0.4 is 10.6 Å². The highest BCUT2D eigenvalue weighted by molar-refractivity contribution is 5.94. The van der Waals surface area contributed by atoms with Gasteiger partial charge in [0.1, 0.15) is 11.3 Å². The topological polar surface area (TPSA) is 110 Å². The molecule has 2 aromatic heterocycles. The lowest BCUT2D eigenvalue weighted by Gasteiger charge is -2.28. The van der Waals surface area contributed by atoms with Gasteiger partial charge >= 0.3 is 0 Å². The van der Waals surface area contributed by atoms with Crippen molar-refractivity contribution in [2.45, 2.75) is 6.92 Å². The van der Waals surface area contributed by atoms with Gasteiger partial charge in [0.05, 0.1) is 13.2 Å². The SMILES string of the molecule is Cc1nc(N2CCOCC2)c2[nH]c(C(N)=O)nc2n1. The number of fused-ring (bicyclic) bond motifs is 1. The maximum atomic E-state index is 11.2. The summed E-state index contributed by atoms with van der Waals surface area (Å²) < 4.78 is 5.32. The van der Waals surface area contributed by atoms with Gasteiger partial charge in [-0.1, -0.05) is 0 Å². The van der Waals surface area contributed by atoms with Crippen LogP contribution in [-0.4, -0.2) is 52.1 Å². The van der Waals surface area contributed by atoms with Crippen molar-refractivity contribution >= 4 is 22.9 Å². The average Bonchev–Trinajstić information content (AvgIpc) is 2.82. The maximum absolute atomic E-state index is 11.2. The third-order valence-electron chi connectivity index (χ3n) is 2.99. The fourth-order valence-corrected chi connectivity index (χ4v) is 2.11. The summed E-state index contributed by atoms with van der Waals surface area (Å²) in [7, 11) is 0. The third-order valence-corrected chi connectivity index (χ3v) is 2.99. The first-order chi connectivity index (χ1) is 9.15. The first-order valence-electron chi connectivity index (χ1n) is 6.02. The molecule has 3 N–H and O–H groups in total. The Bertz CT molecular complexity index is 631. The zero-order valence-electron chi connectivity index (χ0n) is 10.5. The molecular formula is C11H14N6O2. The molecule has 0 unspecified atom stereocenters. The molecule has 8 nitrogen and oxygen atoms in total. The quantitative estimate of drug-likeness (QED) is 0.761. The number of carbonyl (C=O) groups is 1. The standard InChI is InChI=1S/C11H14N6O2/c1-6-13-9-7(15-10(16-9)8(12)18)11(14-6)17-2-4-19-5-3-17/h2-5H2,1H3,(H2,12,18)(H,13,14,15,16). The monoisotopic (exact) mass is 262 g/mol. The fourth-order valence-electron chi connectivity index (χ4n) is 2.11. The van der Waals surface area contributed by atoms with Crippen molar-refractivity contribution in [3.05, 3.63) is 11.6 Å². The summed E-state index contributed by atoms with van der Waals surface area (Å²) >= 11 is 0. The largest absolute Gasteiger partial charge is 0.378 e. The van der Waals surface area contributed by atoms with Crippen molar-refractivity contribution in [2.75, 3.05) is 31.2 Å². The van der Waals surface area contributed by atoms with Crippen LogP contribution in [0.15, 0.2) is 0 Å². The number of aromatic amines is 1. The highest BCUT2D eigenvalue weighted by Gasteiger charge is 2.20. The lowest BCUT2D eigenvalue weighted by atomic mass is 10.3. The summed E-state index contributed by atoms with van der Waals surface area (Å²) in [6.45, 7) is 4.59. The zero-order valence-corrected chi connectivity index (χ0v) is 10.5. The van der Waals surface area contributed by atoms with Gasteiger partial charge in [-0.25, -0.2) is 15.0 Å². The van der Waals surface area contributed by atoms with E-state index in [0.29, 0.717) is 30.2 Å². The van der Waals surface area contributed by atoms with Crippen molar-refractivity contribution in [1.82, 2.24) is 19.9 Å². The Labute approximate surface area is 109 Å². The number of nitrogens with zero attached hydrogens (tertiary/aromatic N) is 4. The Kier molecular flexibility index (Phi) is 2.79. The number of hydrogen-bond acceptors (Lipinski definition) is 6. The maximum Gasteiger partial charge on any atom is 0.284 e. The fraction of sp³-hybridized carbons (Fsp3) is 0.455. The molecule has 0 aliphatic carbocycles. The molecule has 1 fully saturated rings. The van der Waals surface area contributed by atoms with Crippen LogP contribution >= 0.6 is 0 Å². The molecule has 1 saturated heterocycles. The Morgan fingerprint density at radius 3 is 2.74 bits per heavy atom. The molecule has 0 saturated carbocycles. The summed E-state index contributed by atoms with van der Waals surface area (Å²) in [6.07, 6.45) is 0. The lowest BCUT2D eigenvalue weighted by Crippen LogP contribution is -2.37. The van der Waals surface area contributed by atoms with Crippen LogP contribution in [0, 0.1) is 6.92 Å². The second-order valence-electron chi connectivity index (χ2n) is 4.34. The Hall–Kier alpha value is -2.22. The molecule has 1 aliphatic rings. The van der Waals surface area contributed by atoms with Crippen LogP contribution in [0.3, 0.4) is 0 Å². The van der Waals surface area contributed by atoms with Gasteiger partial charge in [-0.05, 0) is 6.92 Å². The van der Waals surface area contributed by atoms with Crippen LogP contribution in [0.1, 0.15) is 16.4 Å². The normalized spacial score (nSPS) is 15.9. The number of nitrogens with one attached hydrogen (secondary N) is 1. The van der Waals surface area contributed by atoms with E-state index < -0.39 is 5.91 Å². The predicted molar refractivity (Wildman–Crippen MR) is 68.0 cm³/mol. The minimum Gasteiger partial charge on any atom is -0.378 e. The number of aromatic nitrogens is 4. The first kappa shape index (κ1) is 11.8. The molecule has 0 spiro atoms. The van der Waals surface area contributed by atoms with Gasteiger partial charge in [-0.15, -0.1) is 0 Å². The van der Waals surface area contributed by atoms with Gasteiger partial charge < -0.3 is 20.4 Å². The van der Waals surface area contributed by atoms with E-state index in [4.69, 9.17) is 10.5 Å². The summed E-state index contributed by atoms with van der Waals surface area (Å²) in [5.74, 6) is 0.843. The van der Waals surface area contributed by atoms with E-state index in [-0.39, 0.29) is 5.82 Å². The molecular weight excluding hydrogens is 248 g/mol. The van der Waals surface area contributed by atoms with Crippen molar-refractivity contribution in [3.63, 3.8) is 0 Å². The molecule has 3 rings (SSSR count). The van der Waals surface area contributed by atoms with Crippen molar-refractivity contribution < 1.29 is 9.53 Å². The van der Waals surface area contributed by atoms with Crippen LogP contribution in [0.25, 0.3) is 11.2 Å². The van der Waals surface area contributed by atoms with Crippen LogP contribution in [-0.2, 0) is 4.74 Å². The molecule has 0 bridgehead atoms. The summed E-state index contributed by atoms with van der Waals surface area (Å²) in [6, 6.07) is 0. The number of imidazole rings is 1. The molecule has 100 valence electrons. The summed E-state index contributed by atoms with van der Waals surface area (Å²) in [4.78, 5) is 28.9. The average molecular weight is 262 g/mol. The van der Waals surface area contributed by atoms with Crippen LogP contribution in [0.5, 0.6) is 0 Å². The first-order valence-corrected chi connectivity index (χ1v) is 6.02. The molecule has 19 heavy (non-hydrogen) atoms. The number of hydrogen-bond donors (Lipinski definition) is 2. The van der Waals surface area contributed by atoms with E-state index in [1.807, 2.05) is 0 Å². The van der Waals surface area contributed by atoms with Gasteiger partial charge in [0, 0.05) is 13.1 Å². The molecule has 0 aromatic carbocycles. The summed E-state index contributed by atoms with van der Waals surface area (Å²) in [5, 5.41) is 0. The lowest BCUT2D eigenvalue weighted by molar-refractivity contribution is 0.0991. The molecule has 3 heterocycles. The van der Waals surface area contributed by atoms with Crippen molar-refractivity contribution in [2.24, 2.45) is 5.73 Å². The van der Waals surface area contributed by atoms with Crippen molar-refractivity contribution in [1.29, 1.82) is 0 Å². The number of primary amides is 1. The third kappa shape index (κ3) is 2.10. The van der Waals surface area contributed by atoms with Crippen LogP contribution in [0.2, 0.25) is 0 Å². The van der Waals surface area contributed by atoms with E-state index in [1.165, 1.54) is 0 Å². The van der Waals surface area contributed by atoms with Crippen molar-refractivity contribution in [3.8, 4) is 0 Å². The molecule has 0 radical (unpaired) electrons. The molecule has 8 heteroatoms. The summed E-state index contributed by atoms with van der Waals surface area (Å²) in [5.41, 5.74) is 6.33. The number of rotatable bonds is 2. The van der Waals surface area contributed by atoms with Gasteiger partial charge in [0.2, 0.25) is 0 Å². The minimum atomic E-state index is -0.608. The van der Waals surface area contributed by atoms with E-state index in [9.17, 15) is 4.79 Å². The second kappa shape index (κ2) is 4.47. The second-order valence-corrected chi connectivity index (χ2v) is 4.34. The number of anilines is 1. The Balaban J connectivity index is 2.13. The van der Waals surface area contributed by atoms with E-state index in [2.05, 4.69) is 24.8 Å². The number of amides is 1. The molecule has 2 aromatic rings. The van der Waals surface area contributed by atoms with E-state index >= 15 is 0 Å². The van der Waals surface area contributed by atoms with Gasteiger partial charge in [-0.2, -0.15) is 0 Å². The zero-order chi connectivity index (χ0) is 13.4. The van der Waals surface area contributed by atoms with Gasteiger partial charge in [-0.3, -0.25) is 4.79 Å². The smallest absolute Gasteiger partial charge is 0.284 e. The number of aryl methyl sites for hydroxylation is 1. The van der Waals surface area contributed by atoms with E-state index in [1.54, 1.807) is 6.92 Å². The Morgan fingerprint density at radius 2 is 2.05 bits per heavy atom. The molecule has 1 amide bonds. The molecule has 1 aliphatic heterocycles. The van der Waals surface area contributed by atoms with Crippen LogP contribution in [0.4, 0.5) is 5.82 Å². The van der Waals surface area contributed by atoms with Gasteiger partial charge in [0.15, 0.2) is 17.3 Å². The van der Waals surface area contributed by atoms with Gasteiger partial charge in [0.25, 0.3) is 5.91 Å². The highest BCUT2D eigenvalue weighted by Crippen LogP contribution is 2.22. The molecule has 0 atom stereocenters. The highest BCUT2D eigenvalue weighted by atomic mass is 16.5. The number of ether oxygens (including phenoxy) is 1. The minimum absolute atomic E-state index is 0.101. The number of nitrogens with two attached hydrogens (primary N) is 1. The number of morpholine rings is 1. The number of carbonyl (C=O) groups excluding carboxylic acids is 1. The Morgan fingerprint density at radius 1 is 1.32 bits per heavy atom.